The lowest BCUT2D eigenvalue weighted by atomic mass is 10.2. The van der Waals surface area contributed by atoms with E-state index in [2.05, 4.69) is 0 Å². The van der Waals surface area contributed by atoms with Crippen LogP contribution in [-0.4, -0.2) is 20.6 Å². The number of sulfonamides is 1. The molecule has 0 saturated heterocycles. The molecule has 22 heavy (non-hydrogen) atoms. The quantitative estimate of drug-likeness (QED) is 0.928. The molecule has 0 aliphatic rings. The summed E-state index contributed by atoms with van der Waals surface area (Å²) in [6, 6.07) is 11.5. The molecule has 0 spiro atoms. The molecule has 0 aromatic heterocycles. The number of halogens is 1. The van der Waals surface area contributed by atoms with Gasteiger partial charge >= 0.3 is 0 Å². The first-order chi connectivity index (χ1) is 10.2. The Morgan fingerprint density at radius 3 is 2.36 bits per heavy atom. The number of nitrogens with one attached hydrogen (secondary N) is 1. The van der Waals surface area contributed by atoms with Crippen LogP contribution >= 0.6 is 11.6 Å². The minimum absolute atomic E-state index is 0.216. The largest absolute Gasteiger partial charge is 0.456 e. The summed E-state index contributed by atoms with van der Waals surface area (Å²) in [6.07, 6.45) is 0.919. The molecule has 1 N–H and O–H groups in total. The van der Waals surface area contributed by atoms with Crippen molar-refractivity contribution in [3.05, 3.63) is 58.6 Å². The second-order valence-electron chi connectivity index (χ2n) is 4.76. The van der Waals surface area contributed by atoms with E-state index in [-0.39, 0.29) is 5.56 Å². The van der Waals surface area contributed by atoms with Crippen LogP contribution in [0.4, 0.5) is 0 Å². The third-order valence-electron chi connectivity index (χ3n) is 2.71. The maximum atomic E-state index is 11.7. The van der Waals surface area contributed by atoms with Gasteiger partial charge in [-0.25, -0.2) is 13.1 Å². The molecule has 116 valence electrons. The van der Waals surface area contributed by atoms with Gasteiger partial charge in [0.1, 0.15) is 11.5 Å². The molecule has 0 fully saturated rings. The topological polar surface area (TPSA) is 72.5 Å². The van der Waals surface area contributed by atoms with E-state index >= 15 is 0 Å². The van der Waals surface area contributed by atoms with Crippen molar-refractivity contribution in [3.63, 3.8) is 0 Å². The van der Waals surface area contributed by atoms with Crippen LogP contribution in [0, 0.1) is 6.92 Å². The molecular weight excluding hydrogens is 326 g/mol. The Bertz CT molecular complexity index is 801. The highest BCUT2D eigenvalue weighted by Crippen LogP contribution is 2.30. The van der Waals surface area contributed by atoms with E-state index in [0.29, 0.717) is 16.5 Å². The number of aryl methyl sites for hydroxylation is 1. The fraction of sp³-hybridized carbons (Fsp3) is 0.133. The second-order valence-corrected chi connectivity index (χ2v) is 6.92. The lowest BCUT2D eigenvalue weighted by Gasteiger charge is -2.09. The Morgan fingerprint density at radius 2 is 1.77 bits per heavy atom. The average Bonchev–Trinajstić information content (AvgIpc) is 2.42. The van der Waals surface area contributed by atoms with Crippen molar-refractivity contribution in [2.24, 2.45) is 0 Å². The van der Waals surface area contributed by atoms with Gasteiger partial charge in [-0.05, 0) is 48.9 Å². The fourth-order valence-corrected chi connectivity index (χ4v) is 2.33. The lowest BCUT2D eigenvalue weighted by molar-refractivity contribution is 0.0981. The lowest BCUT2D eigenvalue weighted by Crippen LogP contribution is -2.29. The van der Waals surface area contributed by atoms with Crippen molar-refractivity contribution in [1.82, 2.24) is 4.72 Å². The fourth-order valence-electron chi connectivity index (χ4n) is 1.72. The van der Waals surface area contributed by atoms with E-state index in [4.69, 9.17) is 16.3 Å². The van der Waals surface area contributed by atoms with Gasteiger partial charge in [-0.3, -0.25) is 4.79 Å². The van der Waals surface area contributed by atoms with Gasteiger partial charge in [0.05, 0.1) is 11.3 Å². The van der Waals surface area contributed by atoms with Gasteiger partial charge in [0.25, 0.3) is 5.91 Å². The summed E-state index contributed by atoms with van der Waals surface area (Å²) in [5.74, 6) is 0.307. The molecule has 0 atom stereocenters. The van der Waals surface area contributed by atoms with Gasteiger partial charge in [-0.2, -0.15) is 0 Å². The molecule has 0 radical (unpaired) electrons. The maximum absolute atomic E-state index is 11.7. The molecule has 0 aliphatic carbocycles. The van der Waals surface area contributed by atoms with Crippen molar-refractivity contribution in [1.29, 1.82) is 0 Å². The van der Waals surface area contributed by atoms with Gasteiger partial charge in [0, 0.05) is 5.56 Å². The Kier molecular flexibility index (Phi) is 4.73. The molecule has 0 heterocycles. The van der Waals surface area contributed by atoms with E-state index in [1.807, 2.05) is 17.7 Å². The van der Waals surface area contributed by atoms with Gasteiger partial charge in [0.2, 0.25) is 10.0 Å². The molecule has 1 amide bonds. The first-order valence-electron chi connectivity index (χ1n) is 6.31. The number of carbonyl (C=O) groups is 1. The average molecular weight is 340 g/mol. The third kappa shape index (κ3) is 4.47. The number of benzene rings is 2. The zero-order chi connectivity index (χ0) is 16.3. The van der Waals surface area contributed by atoms with Crippen molar-refractivity contribution in [2.75, 3.05) is 6.26 Å². The summed E-state index contributed by atoms with van der Waals surface area (Å²) < 4.78 is 29.6. The van der Waals surface area contributed by atoms with Gasteiger partial charge < -0.3 is 4.74 Å². The normalized spacial score (nSPS) is 11.0. The number of rotatable bonds is 4. The van der Waals surface area contributed by atoms with Crippen LogP contribution in [0.3, 0.4) is 0 Å². The van der Waals surface area contributed by atoms with E-state index in [1.54, 1.807) is 24.3 Å². The summed E-state index contributed by atoms with van der Waals surface area (Å²) in [5, 5.41) is 0.476. The van der Waals surface area contributed by atoms with Crippen molar-refractivity contribution in [3.8, 4) is 11.5 Å². The van der Waals surface area contributed by atoms with Crippen molar-refractivity contribution >= 4 is 27.5 Å². The zero-order valence-electron chi connectivity index (χ0n) is 12.0. The van der Waals surface area contributed by atoms with Crippen LogP contribution in [0.15, 0.2) is 42.5 Å². The van der Waals surface area contributed by atoms with Crippen LogP contribution in [0.5, 0.6) is 11.5 Å². The van der Waals surface area contributed by atoms with E-state index in [1.165, 1.54) is 12.1 Å². The molecule has 2 rings (SSSR count). The first-order valence-corrected chi connectivity index (χ1v) is 8.58. The maximum Gasteiger partial charge on any atom is 0.264 e. The van der Waals surface area contributed by atoms with Gasteiger partial charge in [-0.15, -0.1) is 0 Å². The van der Waals surface area contributed by atoms with E-state index in [0.717, 1.165) is 11.8 Å². The molecule has 7 heteroatoms. The smallest absolute Gasteiger partial charge is 0.264 e. The number of hydrogen-bond donors (Lipinski definition) is 1. The Labute approximate surface area is 133 Å². The first kappa shape index (κ1) is 16.3. The Balaban J connectivity index is 2.15. The molecule has 2 aromatic carbocycles. The summed E-state index contributed by atoms with van der Waals surface area (Å²) in [4.78, 5) is 11.7. The highest BCUT2D eigenvalue weighted by Gasteiger charge is 2.11. The number of carbonyl (C=O) groups excluding carboxylic acids is 1. The Hall–Kier alpha value is -2.05. The summed E-state index contributed by atoms with van der Waals surface area (Å²) >= 11 is 6.04. The number of hydrogen-bond acceptors (Lipinski definition) is 4. The summed E-state index contributed by atoms with van der Waals surface area (Å²) in [7, 11) is -3.59. The number of ether oxygens (including phenoxy) is 1. The van der Waals surface area contributed by atoms with Crippen molar-refractivity contribution < 1.29 is 17.9 Å². The molecule has 0 saturated carbocycles. The molecule has 2 aromatic rings. The van der Waals surface area contributed by atoms with Crippen LogP contribution in [-0.2, 0) is 10.0 Å². The zero-order valence-corrected chi connectivity index (χ0v) is 13.5. The van der Waals surface area contributed by atoms with Gasteiger partial charge in [-0.1, -0.05) is 17.7 Å². The van der Waals surface area contributed by atoms with Gasteiger partial charge in [0.15, 0.2) is 0 Å². The standard InChI is InChI=1S/C15H14ClNO4S/c1-10-3-8-13(16)14(9-10)21-12-6-4-11(5-7-12)15(18)17-22(2,19)20/h3-9H,1-2H3,(H,17,18). The monoisotopic (exact) mass is 339 g/mol. The van der Waals surface area contributed by atoms with Crippen LogP contribution in [0.1, 0.15) is 15.9 Å². The number of amides is 1. The van der Waals surface area contributed by atoms with Crippen molar-refractivity contribution in [2.45, 2.75) is 6.92 Å². The predicted octanol–water partition coefficient (Wildman–Crippen LogP) is 3.13. The SMILES string of the molecule is Cc1ccc(Cl)c(Oc2ccc(C(=O)NS(C)(=O)=O)cc2)c1. The van der Waals surface area contributed by atoms with Crippen LogP contribution < -0.4 is 9.46 Å². The van der Waals surface area contributed by atoms with E-state index in [9.17, 15) is 13.2 Å². The summed E-state index contributed by atoms with van der Waals surface area (Å²) in [5.41, 5.74) is 1.22. The third-order valence-corrected chi connectivity index (χ3v) is 3.58. The Morgan fingerprint density at radius 1 is 1.14 bits per heavy atom. The molecule has 5 nitrogen and oxygen atoms in total. The minimum atomic E-state index is -3.59. The van der Waals surface area contributed by atoms with Crippen LogP contribution in [0.2, 0.25) is 5.02 Å². The summed E-state index contributed by atoms with van der Waals surface area (Å²) in [6.45, 7) is 1.92. The van der Waals surface area contributed by atoms with E-state index < -0.39 is 15.9 Å². The highest BCUT2D eigenvalue weighted by atomic mass is 35.5. The highest BCUT2D eigenvalue weighted by molar-refractivity contribution is 7.89. The molecule has 0 aliphatic heterocycles. The predicted molar refractivity (Wildman–Crippen MR) is 85.0 cm³/mol. The molecule has 0 unspecified atom stereocenters. The molecule has 0 bridgehead atoms. The molecular formula is C15H14ClNO4S. The minimum Gasteiger partial charge on any atom is -0.456 e. The second kappa shape index (κ2) is 6.37. The van der Waals surface area contributed by atoms with Crippen LogP contribution in [0.25, 0.3) is 0 Å².